The molecule has 0 amide bonds. The zero-order chi connectivity index (χ0) is 9.72. The molecule has 0 saturated heterocycles. The van der Waals surface area contributed by atoms with Crippen LogP contribution in [-0.4, -0.2) is 68.3 Å². The van der Waals surface area contributed by atoms with Crippen molar-refractivity contribution < 1.29 is 30.6 Å². The quantitative estimate of drug-likeness (QED) is 0.245. The van der Waals surface area contributed by atoms with E-state index in [0.717, 1.165) is 0 Å². The Balaban J connectivity index is 3.99. The van der Waals surface area contributed by atoms with E-state index in [4.69, 9.17) is 30.6 Å². The molecule has 0 aromatic rings. The van der Waals surface area contributed by atoms with Crippen LogP contribution in [0.3, 0.4) is 0 Å². The van der Waals surface area contributed by atoms with Gasteiger partial charge in [-0.05, 0) is 0 Å². The lowest BCUT2D eigenvalue weighted by Gasteiger charge is -2.24. The van der Waals surface area contributed by atoms with Gasteiger partial charge in [0.25, 0.3) is 0 Å². The molecular weight excluding hydrogens is 169 g/mol. The van der Waals surface area contributed by atoms with E-state index >= 15 is 0 Å². The largest absolute Gasteiger partial charge is 0.394 e. The van der Waals surface area contributed by atoms with Crippen LogP contribution in [0, 0.1) is 0 Å². The molecule has 12 heavy (non-hydrogen) atoms. The first-order chi connectivity index (χ1) is 5.54. The van der Waals surface area contributed by atoms with Gasteiger partial charge in [-0.1, -0.05) is 0 Å². The van der Waals surface area contributed by atoms with Gasteiger partial charge in [0.15, 0.2) is 0 Å². The van der Waals surface area contributed by atoms with Gasteiger partial charge in [-0.25, -0.2) is 0 Å². The molecule has 6 N–H and O–H groups in total. The number of hydrogen-bond acceptors (Lipinski definition) is 6. The monoisotopic (exact) mass is 183 g/mol. The minimum absolute atomic E-state index is 0.726. The highest BCUT2D eigenvalue weighted by Gasteiger charge is 2.29. The zero-order valence-electron chi connectivity index (χ0n) is 6.41. The highest BCUT2D eigenvalue weighted by molar-refractivity contribution is 4.79. The maximum Gasteiger partial charge on any atom is 0.111 e. The van der Waals surface area contributed by atoms with Crippen molar-refractivity contribution in [3.05, 3.63) is 0 Å². The van der Waals surface area contributed by atoms with Gasteiger partial charge in [-0.3, -0.25) is 0 Å². The van der Waals surface area contributed by atoms with Crippen LogP contribution in [0.5, 0.6) is 0 Å². The molecule has 0 saturated carbocycles. The van der Waals surface area contributed by atoms with Crippen LogP contribution in [0.25, 0.3) is 0 Å². The molecule has 0 fully saturated rings. The smallest absolute Gasteiger partial charge is 0.111 e. The van der Waals surface area contributed by atoms with Crippen LogP contribution in [0.15, 0.2) is 0 Å². The molecule has 0 unspecified atom stereocenters. The summed E-state index contributed by atoms with van der Waals surface area (Å²) in [7, 11) is 0. The standard InChI is InChI=1S/C6H14O6/c7-1-3(9)5(11)6(12)4(10)2-8/h3-12H,1-2H2/t3-,4-,5-,6-/m0/s1/i1+1. The summed E-state index contributed by atoms with van der Waals surface area (Å²) in [5.74, 6) is 0. The van der Waals surface area contributed by atoms with E-state index in [1.807, 2.05) is 0 Å². The summed E-state index contributed by atoms with van der Waals surface area (Å²) in [4.78, 5) is 0. The molecular formula is C6H14O6. The van der Waals surface area contributed by atoms with E-state index in [9.17, 15) is 0 Å². The van der Waals surface area contributed by atoms with E-state index in [1.54, 1.807) is 0 Å². The third-order valence-corrected chi connectivity index (χ3v) is 1.51. The summed E-state index contributed by atoms with van der Waals surface area (Å²) in [6.07, 6.45) is -6.39. The molecule has 4 atom stereocenters. The minimum atomic E-state index is -1.67. The van der Waals surface area contributed by atoms with Gasteiger partial charge < -0.3 is 30.6 Å². The third-order valence-electron chi connectivity index (χ3n) is 1.51. The van der Waals surface area contributed by atoms with Crippen molar-refractivity contribution in [2.24, 2.45) is 0 Å². The second kappa shape index (κ2) is 5.41. The lowest BCUT2D eigenvalue weighted by atomic mass is 10.1. The van der Waals surface area contributed by atoms with E-state index in [2.05, 4.69) is 0 Å². The Kier molecular flexibility index (Phi) is 5.31. The van der Waals surface area contributed by atoms with E-state index in [1.165, 1.54) is 0 Å². The van der Waals surface area contributed by atoms with Crippen LogP contribution in [0.4, 0.5) is 0 Å². The Hall–Kier alpha value is -0.240. The van der Waals surface area contributed by atoms with Crippen molar-refractivity contribution in [1.29, 1.82) is 0 Å². The van der Waals surface area contributed by atoms with Crippen LogP contribution in [0.2, 0.25) is 0 Å². The Morgan fingerprint density at radius 1 is 0.667 bits per heavy atom. The van der Waals surface area contributed by atoms with Gasteiger partial charge in [-0.2, -0.15) is 0 Å². The van der Waals surface area contributed by atoms with Crippen molar-refractivity contribution in [3.8, 4) is 0 Å². The van der Waals surface area contributed by atoms with Gasteiger partial charge in [0, 0.05) is 0 Å². The molecule has 0 rings (SSSR count). The predicted molar refractivity (Wildman–Crippen MR) is 38.2 cm³/mol. The summed E-state index contributed by atoms with van der Waals surface area (Å²) < 4.78 is 0. The second-order valence-electron chi connectivity index (χ2n) is 2.48. The normalized spacial score (nSPS) is 21.5. The summed E-state index contributed by atoms with van der Waals surface area (Å²) in [5, 5.41) is 52.2. The summed E-state index contributed by atoms with van der Waals surface area (Å²) in [5.41, 5.74) is 0. The summed E-state index contributed by atoms with van der Waals surface area (Å²) in [6, 6.07) is 0. The fourth-order valence-corrected chi connectivity index (χ4v) is 0.671. The highest BCUT2D eigenvalue weighted by atomic mass is 16.4. The maximum absolute atomic E-state index is 8.96. The van der Waals surface area contributed by atoms with Gasteiger partial charge in [0.2, 0.25) is 0 Å². The first-order valence-electron chi connectivity index (χ1n) is 3.48. The fourth-order valence-electron chi connectivity index (χ4n) is 0.671. The highest BCUT2D eigenvalue weighted by Crippen LogP contribution is 2.03. The van der Waals surface area contributed by atoms with E-state index in [0.29, 0.717) is 0 Å². The van der Waals surface area contributed by atoms with Crippen molar-refractivity contribution in [1.82, 2.24) is 0 Å². The summed E-state index contributed by atoms with van der Waals surface area (Å²) in [6.45, 7) is -1.45. The van der Waals surface area contributed by atoms with Gasteiger partial charge in [-0.15, -0.1) is 0 Å². The first-order valence-corrected chi connectivity index (χ1v) is 3.48. The summed E-state index contributed by atoms with van der Waals surface area (Å²) >= 11 is 0. The average molecular weight is 183 g/mol. The number of aliphatic hydroxyl groups is 6. The van der Waals surface area contributed by atoms with Crippen molar-refractivity contribution in [2.75, 3.05) is 13.2 Å². The fraction of sp³-hybridized carbons (Fsp3) is 1.00. The molecule has 0 spiro atoms. The van der Waals surface area contributed by atoms with Crippen LogP contribution >= 0.6 is 0 Å². The molecule has 0 heterocycles. The molecule has 6 nitrogen and oxygen atoms in total. The zero-order valence-corrected chi connectivity index (χ0v) is 6.41. The van der Waals surface area contributed by atoms with E-state index in [-0.39, 0.29) is 0 Å². The molecule has 0 aliphatic carbocycles. The van der Waals surface area contributed by atoms with Crippen LogP contribution in [0.1, 0.15) is 0 Å². The first kappa shape index (κ1) is 11.8. The third kappa shape index (κ3) is 3.02. The average Bonchev–Trinajstić information content (AvgIpc) is 2.12. The molecule has 74 valence electrons. The minimum Gasteiger partial charge on any atom is -0.394 e. The molecule has 0 aromatic carbocycles. The predicted octanol–water partition coefficient (Wildman–Crippen LogP) is -3.59. The molecule has 6 heteroatoms. The molecule has 0 aromatic heterocycles. The molecule has 0 aliphatic heterocycles. The number of aliphatic hydroxyl groups excluding tert-OH is 6. The second-order valence-corrected chi connectivity index (χ2v) is 2.48. The van der Waals surface area contributed by atoms with Crippen molar-refractivity contribution >= 4 is 0 Å². The Bertz CT molecular complexity index is 105. The Labute approximate surface area is 69.3 Å². The molecule has 0 aliphatic rings. The van der Waals surface area contributed by atoms with Gasteiger partial charge >= 0.3 is 0 Å². The maximum atomic E-state index is 8.96. The lowest BCUT2D eigenvalue weighted by molar-refractivity contribution is -0.123. The molecule has 0 bridgehead atoms. The molecule has 0 radical (unpaired) electrons. The van der Waals surface area contributed by atoms with Crippen molar-refractivity contribution in [3.63, 3.8) is 0 Å². The van der Waals surface area contributed by atoms with Gasteiger partial charge in [0.05, 0.1) is 13.2 Å². The SMILES string of the molecule is OC[C@H](O)[C@H](O)[C@@H](O)[C@@H](O)[13CH2]O. The topological polar surface area (TPSA) is 121 Å². The van der Waals surface area contributed by atoms with Gasteiger partial charge in [0.1, 0.15) is 24.4 Å². The Morgan fingerprint density at radius 3 is 1.08 bits per heavy atom. The Morgan fingerprint density at radius 2 is 0.917 bits per heavy atom. The van der Waals surface area contributed by atoms with Crippen molar-refractivity contribution in [2.45, 2.75) is 24.4 Å². The number of hydrogen-bond donors (Lipinski definition) is 6. The van der Waals surface area contributed by atoms with E-state index < -0.39 is 37.6 Å². The van der Waals surface area contributed by atoms with Crippen LogP contribution in [-0.2, 0) is 0 Å². The van der Waals surface area contributed by atoms with Crippen LogP contribution < -0.4 is 0 Å². The number of rotatable bonds is 5. The lowest BCUT2D eigenvalue weighted by Crippen LogP contribution is -2.46.